The molecule has 0 bridgehead atoms. The Morgan fingerprint density at radius 3 is 2.77 bits per heavy atom. The third kappa shape index (κ3) is 2.18. The summed E-state index contributed by atoms with van der Waals surface area (Å²) in [4.78, 5) is 4.37. The van der Waals surface area contributed by atoms with Crippen molar-refractivity contribution in [3.05, 3.63) is 28.0 Å². The number of halogens is 2. The van der Waals surface area contributed by atoms with Gasteiger partial charge >= 0.3 is 0 Å². The summed E-state index contributed by atoms with van der Waals surface area (Å²) < 4.78 is 18.7. The van der Waals surface area contributed by atoms with E-state index in [2.05, 4.69) is 20.8 Å². The van der Waals surface area contributed by atoms with Crippen LogP contribution in [0.3, 0.4) is 0 Å². The number of rotatable bonds is 3. The van der Waals surface area contributed by atoms with Crippen LogP contribution in [0.4, 0.5) is 4.39 Å². The van der Waals surface area contributed by atoms with E-state index in [1.807, 2.05) is 0 Å². The lowest BCUT2D eigenvalue weighted by molar-refractivity contribution is 0.119. The van der Waals surface area contributed by atoms with E-state index in [1.54, 1.807) is 12.1 Å². The molecule has 0 aromatic heterocycles. The number of hydrogen-bond acceptors (Lipinski definition) is 3. The number of nitrogens with two attached hydrogens (primary N) is 1. The van der Waals surface area contributed by atoms with Crippen LogP contribution in [0.2, 0.25) is 0 Å². The highest BCUT2D eigenvalue weighted by molar-refractivity contribution is 9.10. The van der Waals surface area contributed by atoms with Gasteiger partial charge in [-0.2, -0.15) is 0 Å². The fourth-order valence-electron chi connectivity index (χ4n) is 0.984. The van der Waals surface area contributed by atoms with Crippen LogP contribution in [0, 0.1) is 5.82 Å². The molecule has 72 valence electrons. The van der Waals surface area contributed by atoms with Crippen LogP contribution in [-0.2, 0) is 11.4 Å². The van der Waals surface area contributed by atoms with Gasteiger partial charge in [-0.05, 0) is 28.1 Å². The Kier molecular flexibility index (Phi) is 3.65. The van der Waals surface area contributed by atoms with Crippen molar-refractivity contribution in [2.75, 3.05) is 7.11 Å². The standard InChI is InChI=1S/C8H9BrFNO2/c1-12-7-3-2-6(9)8(10)5(7)4-13-11/h2-3H,4,11H2,1H3. The molecule has 5 heteroatoms. The Balaban J connectivity index is 3.15. The van der Waals surface area contributed by atoms with Gasteiger partial charge in [-0.15, -0.1) is 0 Å². The summed E-state index contributed by atoms with van der Waals surface area (Å²) >= 11 is 3.05. The molecule has 0 fully saturated rings. The molecule has 1 rings (SSSR count). The van der Waals surface area contributed by atoms with Crippen molar-refractivity contribution >= 4 is 15.9 Å². The van der Waals surface area contributed by atoms with Crippen molar-refractivity contribution < 1.29 is 14.0 Å². The normalized spacial score (nSPS) is 10.2. The van der Waals surface area contributed by atoms with E-state index in [0.29, 0.717) is 15.8 Å². The van der Waals surface area contributed by atoms with Crippen LogP contribution < -0.4 is 10.6 Å². The molecule has 3 nitrogen and oxygen atoms in total. The van der Waals surface area contributed by atoms with Gasteiger partial charge in [-0.1, -0.05) is 0 Å². The molecule has 0 saturated carbocycles. The molecular weight excluding hydrogens is 241 g/mol. The number of methoxy groups -OCH3 is 1. The van der Waals surface area contributed by atoms with Gasteiger partial charge in [0.15, 0.2) is 0 Å². The first-order chi connectivity index (χ1) is 6.20. The predicted octanol–water partition coefficient (Wildman–Crippen LogP) is 1.99. The molecule has 0 unspecified atom stereocenters. The third-order valence-electron chi connectivity index (χ3n) is 1.60. The first-order valence-electron chi connectivity index (χ1n) is 3.53. The van der Waals surface area contributed by atoms with Crippen LogP contribution in [0.1, 0.15) is 5.56 Å². The van der Waals surface area contributed by atoms with Crippen LogP contribution >= 0.6 is 15.9 Å². The largest absolute Gasteiger partial charge is 0.496 e. The van der Waals surface area contributed by atoms with Crippen molar-refractivity contribution in [1.82, 2.24) is 0 Å². The average Bonchev–Trinajstić information content (AvgIpc) is 2.14. The van der Waals surface area contributed by atoms with Crippen LogP contribution in [0.25, 0.3) is 0 Å². The molecule has 0 aliphatic heterocycles. The van der Waals surface area contributed by atoms with Gasteiger partial charge in [0.1, 0.15) is 11.6 Å². The second-order valence-corrected chi connectivity index (χ2v) is 3.21. The third-order valence-corrected chi connectivity index (χ3v) is 2.21. The lowest BCUT2D eigenvalue weighted by Gasteiger charge is -2.08. The summed E-state index contributed by atoms with van der Waals surface area (Å²) in [5, 5.41) is 0. The maximum atomic E-state index is 13.4. The fraction of sp³-hybridized carbons (Fsp3) is 0.250. The molecule has 0 aliphatic carbocycles. The van der Waals surface area contributed by atoms with Crippen molar-refractivity contribution in [2.45, 2.75) is 6.61 Å². The molecule has 0 radical (unpaired) electrons. The van der Waals surface area contributed by atoms with Gasteiger partial charge in [0.05, 0.1) is 23.8 Å². The SMILES string of the molecule is COc1ccc(Br)c(F)c1CON. The molecule has 13 heavy (non-hydrogen) atoms. The first kappa shape index (κ1) is 10.4. The van der Waals surface area contributed by atoms with Crippen LogP contribution in [0.5, 0.6) is 5.75 Å². The minimum atomic E-state index is -0.412. The highest BCUT2D eigenvalue weighted by atomic mass is 79.9. The van der Waals surface area contributed by atoms with E-state index in [1.165, 1.54) is 7.11 Å². The highest BCUT2D eigenvalue weighted by Crippen LogP contribution is 2.27. The predicted molar refractivity (Wildman–Crippen MR) is 49.6 cm³/mol. The van der Waals surface area contributed by atoms with E-state index >= 15 is 0 Å². The van der Waals surface area contributed by atoms with Crippen molar-refractivity contribution in [3.63, 3.8) is 0 Å². The number of hydrogen-bond donors (Lipinski definition) is 1. The van der Waals surface area contributed by atoms with Gasteiger partial charge < -0.3 is 4.74 Å². The van der Waals surface area contributed by atoms with E-state index in [9.17, 15) is 4.39 Å². The highest BCUT2D eigenvalue weighted by Gasteiger charge is 2.12. The van der Waals surface area contributed by atoms with E-state index < -0.39 is 5.82 Å². The van der Waals surface area contributed by atoms with Crippen LogP contribution in [-0.4, -0.2) is 7.11 Å². The molecule has 0 saturated heterocycles. The number of benzene rings is 1. The summed E-state index contributed by atoms with van der Waals surface area (Å²) in [7, 11) is 1.46. The Morgan fingerprint density at radius 1 is 1.54 bits per heavy atom. The molecule has 2 N–H and O–H groups in total. The molecule has 1 aromatic carbocycles. The zero-order valence-electron chi connectivity index (χ0n) is 7.01. The molecule has 0 spiro atoms. The summed E-state index contributed by atoms with van der Waals surface area (Å²) in [6.45, 7) is -0.0194. The Morgan fingerprint density at radius 2 is 2.23 bits per heavy atom. The smallest absolute Gasteiger partial charge is 0.146 e. The lowest BCUT2D eigenvalue weighted by Crippen LogP contribution is -2.04. The molecular formula is C8H9BrFNO2. The van der Waals surface area contributed by atoms with E-state index in [0.717, 1.165) is 0 Å². The number of ether oxygens (including phenoxy) is 1. The summed E-state index contributed by atoms with van der Waals surface area (Å²) in [5.41, 5.74) is 0.305. The maximum Gasteiger partial charge on any atom is 0.146 e. The van der Waals surface area contributed by atoms with Gasteiger partial charge in [0, 0.05) is 0 Å². The molecule has 0 heterocycles. The van der Waals surface area contributed by atoms with E-state index in [4.69, 9.17) is 10.6 Å². The van der Waals surface area contributed by atoms with Crippen LogP contribution in [0.15, 0.2) is 16.6 Å². The second-order valence-electron chi connectivity index (χ2n) is 2.35. The Labute approximate surface area is 83.7 Å². The van der Waals surface area contributed by atoms with Gasteiger partial charge in [0.25, 0.3) is 0 Å². The lowest BCUT2D eigenvalue weighted by atomic mass is 10.2. The molecule has 0 atom stereocenters. The Bertz CT molecular complexity index is 306. The van der Waals surface area contributed by atoms with Crippen molar-refractivity contribution in [3.8, 4) is 5.75 Å². The Hall–Kier alpha value is -0.650. The van der Waals surface area contributed by atoms with Gasteiger partial charge in [0.2, 0.25) is 0 Å². The van der Waals surface area contributed by atoms with Crippen molar-refractivity contribution in [1.29, 1.82) is 0 Å². The summed E-state index contributed by atoms with van der Waals surface area (Å²) in [5.74, 6) is 4.88. The molecule has 1 aromatic rings. The topological polar surface area (TPSA) is 44.5 Å². The minimum absolute atomic E-state index is 0.0194. The molecule has 0 aliphatic rings. The monoisotopic (exact) mass is 249 g/mol. The zero-order valence-corrected chi connectivity index (χ0v) is 8.60. The van der Waals surface area contributed by atoms with Gasteiger partial charge in [-0.25, -0.2) is 10.3 Å². The zero-order chi connectivity index (χ0) is 9.84. The summed E-state index contributed by atoms with van der Waals surface area (Å²) in [6.07, 6.45) is 0. The fourth-order valence-corrected chi connectivity index (χ4v) is 1.36. The summed E-state index contributed by atoms with van der Waals surface area (Å²) in [6, 6.07) is 3.20. The van der Waals surface area contributed by atoms with Crippen molar-refractivity contribution in [2.24, 2.45) is 5.90 Å². The first-order valence-corrected chi connectivity index (χ1v) is 4.32. The average molecular weight is 250 g/mol. The van der Waals surface area contributed by atoms with E-state index in [-0.39, 0.29) is 6.61 Å². The minimum Gasteiger partial charge on any atom is -0.496 e. The maximum absolute atomic E-state index is 13.4. The quantitative estimate of drug-likeness (QED) is 0.834. The second kappa shape index (κ2) is 4.55. The molecule has 0 amide bonds. The van der Waals surface area contributed by atoms with Gasteiger partial charge in [-0.3, -0.25) is 4.84 Å².